The first-order valence-electron chi connectivity index (χ1n) is 9.04. The predicted octanol–water partition coefficient (Wildman–Crippen LogP) is 3.06. The zero-order valence-corrected chi connectivity index (χ0v) is 15.4. The van der Waals surface area contributed by atoms with Gasteiger partial charge in [0.15, 0.2) is 11.5 Å². The van der Waals surface area contributed by atoms with Gasteiger partial charge < -0.3 is 14.2 Å². The van der Waals surface area contributed by atoms with Gasteiger partial charge in [0.2, 0.25) is 6.79 Å². The monoisotopic (exact) mass is 372 g/mol. The molecule has 0 spiro atoms. The first kappa shape index (κ1) is 16.5. The molecular weight excluding hydrogens is 354 g/mol. The van der Waals surface area contributed by atoms with E-state index in [1.54, 1.807) is 7.11 Å². The number of hydrogen-bond acceptors (Lipinski definition) is 5. The normalized spacial score (nSPS) is 13.4. The summed E-state index contributed by atoms with van der Waals surface area (Å²) in [5.74, 6) is 2.67. The standard InChI is InChI=1S/C22H17N3O3/c1-26-19-5-3-2-4-14(19)16-9-18-15-10-21-20(27-12-28-21)8-13(15)6-7-25(18)22(24)17(16)11-23/h2-5,8-10,24H,6-7,12H2,1H3/p+1. The lowest BCUT2D eigenvalue weighted by Gasteiger charge is -2.21. The van der Waals surface area contributed by atoms with Gasteiger partial charge in [0.25, 0.3) is 5.82 Å². The number of ether oxygens (including phenoxy) is 3. The molecule has 0 fully saturated rings. The van der Waals surface area contributed by atoms with Gasteiger partial charge in [-0.3, -0.25) is 5.73 Å². The van der Waals surface area contributed by atoms with Crippen molar-refractivity contribution in [3.8, 4) is 45.7 Å². The van der Waals surface area contributed by atoms with E-state index in [1.807, 2.05) is 47.0 Å². The number of nitrogen functional groups attached to an aromatic ring is 1. The van der Waals surface area contributed by atoms with E-state index in [-0.39, 0.29) is 6.79 Å². The molecule has 0 aliphatic carbocycles. The number of pyridine rings is 1. The van der Waals surface area contributed by atoms with E-state index in [1.165, 1.54) is 5.56 Å². The Labute approximate surface area is 162 Å². The number of para-hydroxylation sites is 1. The highest BCUT2D eigenvalue weighted by atomic mass is 16.7. The summed E-state index contributed by atoms with van der Waals surface area (Å²) in [6.45, 7) is 0.939. The molecule has 138 valence electrons. The van der Waals surface area contributed by atoms with Crippen LogP contribution in [0.5, 0.6) is 17.2 Å². The molecule has 2 aliphatic heterocycles. The molecule has 0 saturated carbocycles. The highest BCUT2D eigenvalue weighted by Gasteiger charge is 2.30. The van der Waals surface area contributed by atoms with Crippen molar-refractivity contribution in [3.05, 3.63) is 53.6 Å². The summed E-state index contributed by atoms with van der Waals surface area (Å²) >= 11 is 0. The van der Waals surface area contributed by atoms with Crippen LogP contribution in [-0.4, -0.2) is 13.9 Å². The van der Waals surface area contributed by atoms with E-state index < -0.39 is 0 Å². The zero-order valence-electron chi connectivity index (χ0n) is 15.4. The van der Waals surface area contributed by atoms with E-state index in [9.17, 15) is 5.26 Å². The Kier molecular flexibility index (Phi) is 3.63. The zero-order chi connectivity index (χ0) is 19.3. The molecule has 0 amide bonds. The van der Waals surface area contributed by atoms with Gasteiger partial charge in [-0.15, -0.1) is 0 Å². The van der Waals surface area contributed by atoms with Crippen LogP contribution in [-0.2, 0) is 13.0 Å². The minimum atomic E-state index is 0.236. The largest absolute Gasteiger partial charge is 0.496 e. The molecule has 2 N–H and O–H groups in total. The molecule has 2 aliphatic rings. The van der Waals surface area contributed by atoms with Crippen LogP contribution in [0.25, 0.3) is 22.4 Å². The highest BCUT2D eigenvalue weighted by Crippen LogP contribution is 2.42. The van der Waals surface area contributed by atoms with Crippen LogP contribution in [0.3, 0.4) is 0 Å². The van der Waals surface area contributed by atoms with E-state index in [0.29, 0.717) is 23.7 Å². The number of nitriles is 1. The van der Waals surface area contributed by atoms with Crippen molar-refractivity contribution >= 4 is 5.82 Å². The third-order valence-corrected chi connectivity index (χ3v) is 5.38. The lowest BCUT2D eigenvalue weighted by Crippen LogP contribution is -2.43. The number of fused-ring (bicyclic) bond motifs is 4. The molecule has 3 aromatic rings. The second kappa shape index (κ2) is 6.17. The fourth-order valence-corrected chi connectivity index (χ4v) is 4.01. The van der Waals surface area contributed by atoms with E-state index in [2.05, 4.69) is 6.07 Å². The molecule has 0 saturated heterocycles. The SMILES string of the molecule is COc1ccccc1-c1cc2[n+](c(N)c1C#N)CCc1cc3c(cc1-2)OCO3. The number of nitrogens with zero attached hydrogens (tertiary/aromatic N) is 2. The fraction of sp³-hybridized carbons (Fsp3) is 0.182. The third-order valence-electron chi connectivity index (χ3n) is 5.38. The molecule has 6 heteroatoms. The van der Waals surface area contributed by atoms with Gasteiger partial charge in [0, 0.05) is 23.1 Å². The maximum absolute atomic E-state index is 9.83. The van der Waals surface area contributed by atoms with Gasteiger partial charge in [-0.25, -0.2) is 4.57 Å². The molecule has 6 nitrogen and oxygen atoms in total. The molecule has 5 rings (SSSR count). The Morgan fingerprint density at radius 2 is 1.86 bits per heavy atom. The summed E-state index contributed by atoms with van der Waals surface area (Å²) in [5, 5.41) is 9.83. The Morgan fingerprint density at radius 1 is 1.07 bits per heavy atom. The molecule has 28 heavy (non-hydrogen) atoms. The minimum Gasteiger partial charge on any atom is -0.496 e. The molecule has 3 heterocycles. The van der Waals surface area contributed by atoms with Crippen LogP contribution in [0.4, 0.5) is 5.82 Å². The number of rotatable bonds is 2. The number of aryl methyl sites for hydroxylation is 1. The highest BCUT2D eigenvalue weighted by molar-refractivity contribution is 5.82. The third kappa shape index (κ3) is 2.30. The molecule has 0 unspecified atom stereocenters. The van der Waals surface area contributed by atoms with Crippen molar-refractivity contribution in [2.45, 2.75) is 13.0 Å². The van der Waals surface area contributed by atoms with E-state index in [0.717, 1.165) is 40.3 Å². The van der Waals surface area contributed by atoms with Gasteiger partial charge in [0.1, 0.15) is 23.1 Å². The van der Waals surface area contributed by atoms with Gasteiger partial charge in [-0.2, -0.15) is 5.26 Å². The first-order valence-corrected chi connectivity index (χ1v) is 9.04. The first-order chi connectivity index (χ1) is 13.7. The summed E-state index contributed by atoms with van der Waals surface area (Å²) in [6, 6.07) is 16.0. The number of anilines is 1. The lowest BCUT2D eigenvalue weighted by atomic mass is 9.92. The topological polar surface area (TPSA) is 81.4 Å². The lowest BCUT2D eigenvalue weighted by molar-refractivity contribution is -0.673. The second-order valence-electron chi connectivity index (χ2n) is 6.78. The Hall–Kier alpha value is -3.72. The fourth-order valence-electron chi connectivity index (χ4n) is 4.01. The van der Waals surface area contributed by atoms with Crippen LogP contribution in [0.2, 0.25) is 0 Å². The van der Waals surface area contributed by atoms with Crippen molar-refractivity contribution < 1.29 is 18.8 Å². The second-order valence-corrected chi connectivity index (χ2v) is 6.78. The summed E-state index contributed by atoms with van der Waals surface area (Å²) in [6.07, 6.45) is 0.812. The van der Waals surface area contributed by atoms with E-state index in [4.69, 9.17) is 19.9 Å². The Balaban J connectivity index is 1.80. The molecule has 0 radical (unpaired) electrons. The summed E-state index contributed by atoms with van der Waals surface area (Å²) < 4.78 is 18.6. The average molecular weight is 372 g/mol. The van der Waals surface area contributed by atoms with Crippen molar-refractivity contribution in [1.29, 1.82) is 5.26 Å². The summed E-state index contributed by atoms with van der Waals surface area (Å²) in [5.41, 5.74) is 11.7. The van der Waals surface area contributed by atoms with Crippen LogP contribution < -0.4 is 24.5 Å². The van der Waals surface area contributed by atoms with Crippen molar-refractivity contribution in [1.82, 2.24) is 0 Å². The molecule has 0 bridgehead atoms. The minimum absolute atomic E-state index is 0.236. The molecular formula is C22H18N3O3+. The smallest absolute Gasteiger partial charge is 0.291 e. The summed E-state index contributed by atoms with van der Waals surface area (Å²) in [7, 11) is 1.62. The average Bonchev–Trinajstić information content (AvgIpc) is 3.19. The van der Waals surface area contributed by atoms with Gasteiger partial charge >= 0.3 is 0 Å². The maximum Gasteiger partial charge on any atom is 0.291 e. The van der Waals surface area contributed by atoms with Crippen LogP contribution in [0.15, 0.2) is 42.5 Å². The van der Waals surface area contributed by atoms with Gasteiger partial charge in [0.05, 0.1) is 13.7 Å². The maximum atomic E-state index is 9.83. The van der Waals surface area contributed by atoms with Crippen molar-refractivity contribution in [2.24, 2.45) is 0 Å². The molecule has 1 aromatic heterocycles. The molecule has 0 atom stereocenters. The Bertz CT molecular complexity index is 1160. The van der Waals surface area contributed by atoms with Crippen LogP contribution in [0, 0.1) is 11.3 Å². The quantitative estimate of drug-likeness (QED) is 0.699. The van der Waals surface area contributed by atoms with Crippen LogP contribution >= 0.6 is 0 Å². The number of nitrogens with two attached hydrogens (primary N) is 1. The van der Waals surface area contributed by atoms with Crippen molar-refractivity contribution in [3.63, 3.8) is 0 Å². The molecule has 2 aromatic carbocycles. The van der Waals surface area contributed by atoms with Gasteiger partial charge in [-0.05, 0) is 29.8 Å². The number of hydrogen-bond donors (Lipinski definition) is 1. The number of methoxy groups -OCH3 is 1. The predicted molar refractivity (Wildman–Crippen MR) is 103 cm³/mol. The number of benzene rings is 2. The van der Waals surface area contributed by atoms with Crippen molar-refractivity contribution in [2.75, 3.05) is 19.6 Å². The van der Waals surface area contributed by atoms with Crippen LogP contribution in [0.1, 0.15) is 11.1 Å². The van der Waals surface area contributed by atoms with E-state index >= 15 is 0 Å². The number of aromatic nitrogens is 1. The summed E-state index contributed by atoms with van der Waals surface area (Å²) in [4.78, 5) is 0. The van der Waals surface area contributed by atoms with Gasteiger partial charge in [-0.1, -0.05) is 18.2 Å². The Morgan fingerprint density at radius 3 is 2.64 bits per heavy atom.